The molecule has 0 aliphatic carbocycles. The van der Waals surface area contributed by atoms with Crippen molar-refractivity contribution in [3.8, 4) is 28.4 Å². The minimum absolute atomic E-state index is 0.0451. The third-order valence-electron chi connectivity index (χ3n) is 5.06. The molecule has 1 heterocycles. The van der Waals surface area contributed by atoms with Gasteiger partial charge in [-0.3, -0.25) is 4.79 Å². The van der Waals surface area contributed by atoms with Gasteiger partial charge >= 0.3 is 12.1 Å². The smallest absolute Gasteiger partial charge is 0.450 e. The fourth-order valence-corrected chi connectivity index (χ4v) is 3.20. The van der Waals surface area contributed by atoms with Gasteiger partial charge in [0, 0.05) is 6.07 Å². The number of benzene rings is 2. The Morgan fingerprint density at radius 1 is 1.06 bits per heavy atom. The van der Waals surface area contributed by atoms with E-state index in [2.05, 4.69) is 0 Å². The SMILES string of the molecule is CC[C@@H](C)OC(=O)COc1ccc2c(=O)c(-c3ccc(OC)c(OC)c3)c(C(F)(F)F)oc2c1. The number of carbonyl (C=O) groups excluding carboxylic acids is 1. The minimum Gasteiger partial charge on any atom is -0.493 e. The number of hydrogen-bond acceptors (Lipinski definition) is 7. The number of alkyl halides is 3. The van der Waals surface area contributed by atoms with Gasteiger partial charge in [-0.25, -0.2) is 4.79 Å². The Kier molecular flexibility index (Phi) is 7.38. The molecule has 0 aliphatic heterocycles. The lowest BCUT2D eigenvalue weighted by Crippen LogP contribution is -2.20. The summed E-state index contributed by atoms with van der Waals surface area (Å²) in [5.74, 6) is -1.61. The van der Waals surface area contributed by atoms with Crippen LogP contribution in [0.5, 0.6) is 17.2 Å². The van der Waals surface area contributed by atoms with E-state index in [-0.39, 0.29) is 34.1 Å². The molecule has 0 aliphatic rings. The number of fused-ring (bicyclic) bond motifs is 1. The molecule has 0 fully saturated rings. The summed E-state index contributed by atoms with van der Waals surface area (Å²) < 4.78 is 67.5. The van der Waals surface area contributed by atoms with Crippen molar-refractivity contribution in [3.63, 3.8) is 0 Å². The highest BCUT2D eigenvalue weighted by Gasteiger charge is 2.39. The first-order chi connectivity index (χ1) is 16.1. The molecule has 0 saturated carbocycles. The summed E-state index contributed by atoms with van der Waals surface area (Å²) in [6, 6.07) is 7.75. The van der Waals surface area contributed by atoms with E-state index in [4.69, 9.17) is 23.4 Å². The van der Waals surface area contributed by atoms with E-state index < -0.39 is 35.5 Å². The van der Waals surface area contributed by atoms with Crippen LogP contribution in [0.2, 0.25) is 0 Å². The molecule has 0 amide bonds. The van der Waals surface area contributed by atoms with Crippen LogP contribution in [-0.2, 0) is 15.7 Å². The molecule has 3 aromatic rings. The summed E-state index contributed by atoms with van der Waals surface area (Å²) >= 11 is 0. The third-order valence-corrected chi connectivity index (χ3v) is 5.06. The van der Waals surface area contributed by atoms with Crippen LogP contribution >= 0.6 is 0 Å². The summed E-state index contributed by atoms with van der Waals surface area (Å²) in [5.41, 5.74) is -1.93. The molecule has 3 rings (SSSR count). The van der Waals surface area contributed by atoms with Crippen molar-refractivity contribution in [2.24, 2.45) is 0 Å². The molecule has 0 spiro atoms. The van der Waals surface area contributed by atoms with E-state index in [9.17, 15) is 22.8 Å². The van der Waals surface area contributed by atoms with E-state index in [0.29, 0.717) is 12.2 Å². The standard InChI is InChI=1S/C24H23F3O7/c1-5-13(2)33-20(28)12-32-15-7-8-16-18(11-15)34-23(24(25,26)27)21(22(16)29)14-6-9-17(30-3)19(10-14)31-4/h6-11,13H,5,12H2,1-4H3/t13-/m1/s1. The summed E-state index contributed by atoms with van der Waals surface area (Å²) in [7, 11) is 2.71. The fourth-order valence-electron chi connectivity index (χ4n) is 3.20. The highest BCUT2D eigenvalue weighted by molar-refractivity contribution is 5.84. The van der Waals surface area contributed by atoms with Gasteiger partial charge in [0.1, 0.15) is 11.3 Å². The number of methoxy groups -OCH3 is 2. The molecular formula is C24H23F3O7. The van der Waals surface area contributed by atoms with Crippen LogP contribution < -0.4 is 19.6 Å². The Hall–Kier alpha value is -3.69. The predicted molar refractivity (Wildman–Crippen MR) is 117 cm³/mol. The maximum atomic E-state index is 13.9. The Morgan fingerprint density at radius 2 is 1.76 bits per heavy atom. The van der Waals surface area contributed by atoms with Crippen molar-refractivity contribution >= 4 is 16.9 Å². The Labute approximate surface area is 193 Å². The van der Waals surface area contributed by atoms with Gasteiger partial charge in [0.2, 0.25) is 11.2 Å². The first-order valence-corrected chi connectivity index (χ1v) is 10.3. The average molecular weight is 480 g/mol. The summed E-state index contributed by atoms with van der Waals surface area (Å²) in [6.45, 7) is 3.12. The summed E-state index contributed by atoms with van der Waals surface area (Å²) in [4.78, 5) is 24.9. The molecule has 0 saturated heterocycles. The predicted octanol–water partition coefficient (Wildman–Crippen LogP) is 5.22. The van der Waals surface area contributed by atoms with Gasteiger partial charge in [0.15, 0.2) is 18.1 Å². The van der Waals surface area contributed by atoms with Gasteiger partial charge in [-0.1, -0.05) is 13.0 Å². The van der Waals surface area contributed by atoms with E-state index >= 15 is 0 Å². The van der Waals surface area contributed by atoms with E-state index in [1.807, 2.05) is 6.92 Å². The lowest BCUT2D eigenvalue weighted by atomic mass is 10.0. The zero-order valence-electron chi connectivity index (χ0n) is 18.9. The van der Waals surface area contributed by atoms with Crippen molar-refractivity contribution in [1.82, 2.24) is 0 Å². The zero-order chi connectivity index (χ0) is 25.0. The van der Waals surface area contributed by atoms with Crippen LogP contribution in [0.1, 0.15) is 26.0 Å². The summed E-state index contributed by atoms with van der Waals surface area (Å²) in [6.07, 6.45) is -4.64. The Bertz CT molecular complexity index is 1250. The second-order valence-electron chi connectivity index (χ2n) is 7.36. The minimum atomic E-state index is -4.97. The number of ether oxygens (including phenoxy) is 4. The monoisotopic (exact) mass is 480 g/mol. The molecule has 7 nitrogen and oxygen atoms in total. The molecule has 1 aromatic heterocycles. The second kappa shape index (κ2) is 10.1. The lowest BCUT2D eigenvalue weighted by molar-refractivity contribution is -0.152. The summed E-state index contributed by atoms with van der Waals surface area (Å²) in [5, 5.41) is -0.0904. The topological polar surface area (TPSA) is 84.2 Å². The fraction of sp³-hybridized carbons (Fsp3) is 0.333. The van der Waals surface area contributed by atoms with Crippen molar-refractivity contribution < 1.29 is 41.3 Å². The molecular weight excluding hydrogens is 457 g/mol. The van der Waals surface area contributed by atoms with E-state index in [1.165, 1.54) is 44.6 Å². The molecule has 2 aromatic carbocycles. The molecule has 0 bridgehead atoms. The largest absolute Gasteiger partial charge is 0.493 e. The quantitative estimate of drug-likeness (QED) is 0.409. The number of hydrogen-bond donors (Lipinski definition) is 0. The van der Waals surface area contributed by atoms with Crippen molar-refractivity contribution in [2.45, 2.75) is 32.5 Å². The number of esters is 1. The van der Waals surface area contributed by atoms with Gasteiger partial charge in [-0.05, 0) is 43.2 Å². The third kappa shape index (κ3) is 5.27. The average Bonchev–Trinajstić information content (AvgIpc) is 2.81. The Balaban J connectivity index is 2.07. The molecule has 182 valence electrons. The molecule has 34 heavy (non-hydrogen) atoms. The van der Waals surface area contributed by atoms with Crippen LogP contribution in [0.3, 0.4) is 0 Å². The number of halogens is 3. The maximum absolute atomic E-state index is 13.9. The van der Waals surface area contributed by atoms with Crippen LogP contribution in [0, 0.1) is 0 Å². The number of carbonyl (C=O) groups is 1. The van der Waals surface area contributed by atoms with Gasteiger partial charge in [-0.2, -0.15) is 13.2 Å². The highest BCUT2D eigenvalue weighted by Crippen LogP contribution is 2.40. The van der Waals surface area contributed by atoms with Gasteiger partial charge in [0.25, 0.3) is 0 Å². The Morgan fingerprint density at radius 3 is 2.38 bits per heavy atom. The molecule has 1 atom stereocenters. The van der Waals surface area contributed by atoms with Gasteiger partial charge in [-0.15, -0.1) is 0 Å². The van der Waals surface area contributed by atoms with Crippen molar-refractivity contribution in [2.75, 3.05) is 20.8 Å². The molecule has 10 heteroatoms. The van der Waals surface area contributed by atoms with E-state index in [0.717, 1.165) is 6.07 Å². The molecule has 0 N–H and O–H groups in total. The van der Waals surface area contributed by atoms with Crippen LogP contribution in [0.25, 0.3) is 22.1 Å². The number of rotatable bonds is 8. The van der Waals surface area contributed by atoms with Crippen LogP contribution in [0.4, 0.5) is 13.2 Å². The van der Waals surface area contributed by atoms with Gasteiger partial charge < -0.3 is 23.4 Å². The highest BCUT2D eigenvalue weighted by atomic mass is 19.4. The van der Waals surface area contributed by atoms with Crippen LogP contribution in [-0.4, -0.2) is 32.9 Å². The van der Waals surface area contributed by atoms with Crippen molar-refractivity contribution in [1.29, 1.82) is 0 Å². The van der Waals surface area contributed by atoms with Crippen molar-refractivity contribution in [3.05, 3.63) is 52.4 Å². The maximum Gasteiger partial charge on any atom is 0.450 e. The van der Waals surface area contributed by atoms with Crippen LogP contribution in [0.15, 0.2) is 45.6 Å². The zero-order valence-corrected chi connectivity index (χ0v) is 18.9. The molecule has 0 radical (unpaired) electrons. The van der Waals surface area contributed by atoms with E-state index in [1.54, 1.807) is 6.92 Å². The first kappa shape index (κ1) is 24.9. The normalized spacial score (nSPS) is 12.3. The first-order valence-electron chi connectivity index (χ1n) is 10.3. The van der Waals surface area contributed by atoms with Gasteiger partial charge in [0.05, 0.1) is 31.3 Å². The lowest BCUT2D eigenvalue weighted by Gasteiger charge is -2.15. The second-order valence-corrected chi connectivity index (χ2v) is 7.36. The molecule has 0 unspecified atom stereocenters.